The third-order valence-corrected chi connectivity index (χ3v) is 3.25. The summed E-state index contributed by atoms with van der Waals surface area (Å²) in [6.07, 6.45) is 12.5. The molecule has 0 heterocycles. The van der Waals surface area contributed by atoms with Gasteiger partial charge in [-0.2, -0.15) is 0 Å². The molecule has 0 amide bonds. The van der Waals surface area contributed by atoms with E-state index in [0.717, 1.165) is 11.8 Å². The van der Waals surface area contributed by atoms with Gasteiger partial charge in [-0.25, -0.2) is 0 Å². The van der Waals surface area contributed by atoms with Crippen molar-refractivity contribution in [3.63, 3.8) is 0 Å². The predicted octanol–water partition coefficient (Wildman–Crippen LogP) is 4.21. The van der Waals surface area contributed by atoms with Crippen LogP contribution in [0.1, 0.15) is 58.8 Å². The SMILES string of the molecule is CCCC(CC)C1[CH]CCCC1. The molecule has 1 saturated carbocycles. The molecule has 0 saturated heterocycles. The summed E-state index contributed by atoms with van der Waals surface area (Å²) in [5, 5.41) is 0. The fourth-order valence-corrected chi connectivity index (χ4v) is 2.49. The topological polar surface area (TPSA) is 0 Å². The van der Waals surface area contributed by atoms with Crippen molar-refractivity contribution in [3.8, 4) is 0 Å². The van der Waals surface area contributed by atoms with E-state index in [1.165, 1.54) is 44.9 Å². The van der Waals surface area contributed by atoms with Crippen molar-refractivity contribution >= 4 is 0 Å². The van der Waals surface area contributed by atoms with E-state index in [9.17, 15) is 0 Å². The summed E-state index contributed by atoms with van der Waals surface area (Å²) in [4.78, 5) is 0. The van der Waals surface area contributed by atoms with Gasteiger partial charge in [0.25, 0.3) is 0 Å². The van der Waals surface area contributed by atoms with Crippen LogP contribution in [0.5, 0.6) is 0 Å². The van der Waals surface area contributed by atoms with E-state index in [-0.39, 0.29) is 0 Å². The summed E-state index contributed by atoms with van der Waals surface area (Å²) in [6, 6.07) is 0. The first kappa shape index (κ1) is 10.1. The van der Waals surface area contributed by atoms with E-state index < -0.39 is 0 Å². The quantitative estimate of drug-likeness (QED) is 0.588. The first-order valence-corrected chi connectivity index (χ1v) is 5.71. The summed E-state index contributed by atoms with van der Waals surface area (Å²) < 4.78 is 0. The van der Waals surface area contributed by atoms with Crippen LogP contribution in [0.2, 0.25) is 0 Å². The molecule has 0 bridgehead atoms. The molecule has 1 fully saturated rings. The van der Waals surface area contributed by atoms with Crippen LogP contribution >= 0.6 is 0 Å². The van der Waals surface area contributed by atoms with Crippen LogP contribution in [0.25, 0.3) is 0 Å². The lowest BCUT2D eigenvalue weighted by Gasteiger charge is -2.29. The smallest absolute Gasteiger partial charge is 0.0352 e. The minimum Gasteiger partial charge on any atom is -0.0654 e. The Morgan fingerprint density at radius 2 is 2.17 bits per heavy atom. The second-order valence-corrected chi connectivity index (χ2v) is 4.14. The lowest BCUT2D eigenvalue weighted by atomic mass is 9.77. The van der Waals surface area contributed by atoms with Crippen LogP contribution in [0.15, 0.2) is 0 Å². The van der Waals surface area contributed by atoms with Crippen molar-refractivity contribution in [1.29, 1.82) is 0 Å². The zero-order valence-corrected chi connectivity index (χ0v) is 8.68. The lowest BCUT2D eigenvalue weighted by molar-refractivity contribution is 0.284. The Morgan fingerprint density at radius 3 is 2.67 bits per heavy atom. The number of hydrogen-bond donors (Lipinski definition) is 0. The minimum absolute atomic E-state index is 0.962. The molecule has 0 aromatic rings. The normalized spacial score (nSPS) is 22.5. The zero-order valence-electron chi connectivity index (χ0n) is 8.68. The van der Waals surface area contributed by atoms with Gasteiger partial charge in [0.05, 0.1) is 0 Å². The monoisotopic (exact) mass is 167 g/mol. The number of rotatable bonds is 4. The first-order valence-electron chi connectivity index (χ1n) is 5.71. The molecule has 0 aliphatic heterocycles. The van der Waals surface area contributed by atoms with Crippen molar-refractivity contribution in [2.24, 2.45) is 11.8 Å². The highest BCUT2D eigenvalue weighted by Gasteiger charge is 2.21. The predicted molar refractivity (Wildman–Crippen MR) is 54.9 cm³/mol. The maximum atomic E-state index is 2.59. The van der Waals surface area contributed by atoms with E-state index in [4.69, 9.17) is 0 Å². The molecule has 12 heavy (non-hydrogen) atoms. The van der Waals surface area contributed by atoms with Gasteiger partial charge in [-0.15, -0.1) is 0 Å². The van der Waals surface area contributed by atoms with Crippen molar-refractivity contribution in [2.75, 3.05) is 0 Å². The van der Waals surface area contributed by atoms with E-state index in [0.29, 0.717) is 0 Å². The molecular formula is C12H23. The maximum Gasteiger partial charge on any atom is -0.0352 e. The Kier molecular flexibility index (Phi) is 4.72. The van der Waals surface area contributed by atoms with Crippen molar-refractivity contribution in [1.82, 2.24) is 0 Å². The van der Waals surface area contributed by atoms with Crippen LogP contribution in [0.4, 0.5) is 0 Å². The van der Waals surface area contributed by atoms with E-state index in [2.05, 4.69) is 20.3 Å². The zero-order chi connectivity index (χ0) is 8.81. The van der Waals surface area contributed by atoms with Crippen LogP contribution in [-0.4, -0.2) is 0 Å². The third kappa shape index (κ3) is 2.80. The fourth-order valence-electron chi connectivity index (χ4n) is 2.49. The Bertz CT molecular complexity index is 97.9. The Balaban J connectivity index is 2.29. The second-order valence-electron chi connectivity index (χ2n) is 4.14. The molecule has 71 valence electrons. The summed E-state index contributed by atoms with van der Waals surface area (Å²) in [5.41, 5.74) is 0. The van der Waals surface area contributed by atoms with E-state index in [1.54, 1.807) is 0 Å². The first-order chi connectivity index (χ1) is 5.88. The molecule has 0 N–H and O–H groups in total. The molecule has 0 aromatic heterocycles. The fraction of sp³-hybridized carbons (Fsp3) is 0.917. The van der Waals surface area contributed by atoms with Gasteiger partial charge in [-0.05, 0) is 31.1 Å². The highest BCUT2D eigenvalue weighted by Crippen LogP contribution is 2.33. The second kappa shape index (κ2) is 5.61. The average molecular weight is 167 g/mol. The Morgan fingerprint density at radius 1 is 1.33 bits per heavy atom. The molecule has 0 aromatic carbocycles. The highest BCUT2D eigenvalue weighted by atomic mass is 14.3. The van der Waals surface area contributed by atoms with Gasteiger partial charge >= 0.3 is 0 Å². The average Bonchev–Trinajstić information content (AvgIpc) is 2.15. The molecule has 0 spiro atoms. The van der Waals surface area contributed by atoms with Crippen LogP contribution in [0, 0.1) is 18.3 Å². The third-order valence-electron chi connectivity index (χ3n) is 3.25. The highest BCUT2D eigenvalue weighted by molar-refractivity contribution is 4.85. The largest absolute Gasteiger partial charge is 0.0654 e. The minimum atomic E-state index is 0.962. The summed E-state index contributed by atoms with van der Waals surface area (Å²) in [7, 11) is 0. The molecule has 1 aliphatic rings. The standard InChI is InChI=1S/C12H23/c1-3-8-11(4-2)12-9-6-5-7-10-12/h9,11-12H,3-8,10H2,1-2H3. The Hall–Kier alpha value is 0. The molecule has 1 rings (SSSR count). The van der Waals surface area contributed by atoms with Gasteiger partial charge in [-0.3, -0.25) is 0 Å². The molecule has 0 nitrogen and oxygen atoms in total. The molecular weight excluding hydrogens is 144 g/mol. The maximum absolute atomic E-state index is 2.59. The van der Waals surface area contributed by atoms with Crippen LogP contribution in [-0.2, 0) is 0 Å². The van der Waals surface area contributed by atoms with Gasteiger partial charge in [0.1, 0.15) is 0 Å². The molecule has 2 unspecified atom stereocenters. The molecule has 1 radical (unpaired) electrons. The summed E-state index contributed by atoms with van der Waals surface area (Å²) in [5.74, 6) is 1.96. The van der Waals surface area contributed by atoms with Gasteiger partial charge in [-0.1, -0.05) is 46.0 Å². The lowest BCUT2D eigenvalue weighted by Crippen LogP contribution is -2.17. The van der Waals surface area contributed by atoms with E-state index in [1.807, 2.05) is 0 Å². The summed E-state index contributed by atoms with van der Waals surface area (Å²) >= 11 is 0. The van der Waals surface area contributed by atoms with Crippen molar-refractivity contribution in [2.45, 2.75) is 58.8 Å². The van der Waals surface area contributed by atoms with E-state index >= 15 is 0 Å². The van der Waals surface area contributed by atoms with Crippen molar-refractivity contribution in [3.05, 3.63) is 6.42 Å². The molecule has 0 heteroatoms. The van der Waals surface area contributed by atoms with Crippen molar-refractivity contribution < 1.29 is 0 Å². The van der Waals surface area contributed by atoms with Gasteiger partial charge < -0.3 is 0 Å². The Labute approximate surface area is 77.7 Å². The van der Waals surface area contributed by atoms with Gasteiger partial charge in [0.15, 0.2) is 0 Å². The molecule has 1 aliphatic carbocycles. The summed E-state index contributed by atoms with van der Waals surface area (Å²) in [6.45, 7) is 4.66. The van der Waals surface area contributed by atoms with Gasteiger partial charge in [0, 0.05) is 0 Å². The van der Waals surface area contributed by atoms with Crippen LogP contribution in [0.3, 0.4) is 0 Å². The van der Waals surface area contributed by atoms with Crippen LogP contribution < -0.4 is 0 Å². The molecule has 2 atom stereocenters. The van der Waals surface area contributed by atoms with Gasteiger partial charge in [0.2, 0.25) is 0 Å². The number of hydrogen-bond acceptors (Lipinski definition) is 0.